The van der Waals surface area contributed by atoms with Gasteiger partial charge in [-0.1, -0.05) is 29.5 Å². The maximum absolute atomic E-state index is 9.23. The van der Waals surface area contributed by atoms with Gasteiger partial charge in [-0.05, 0) is 36.3 Å². The van der Waals surface area contributed by atoms with E-state index in [0.717, 1.165) is 34.0 Å². The molecule has 0 fully saturated rings. The minimum absolute atomic E-state index is 0.282. The number of pyridine rings is 1. The van der Waals surface area contributed by atoms with Crippen molar-refractivity contribution in [2.45, 2.75) is 19.1 Å². The van der Waals surface area contributed by atoms with Crippen LogP contribution in [-0.2, 0) is 6.42 Å². The molecule has 1 aromatic carbocycles. The van der Waals surface area contributed by atoms with Crippen molar-refractivity contribution in [2.24, 2.45) is 4.99 Å². The zero-order valence-corrected chi connectivity index (χ0v) is 15.4. The Hall–Kier alpha value is -3.08. The summed E-state index contributed by atoms with van der Waals surface area (Å²) in [7, 11) is 0. The van der Waals surface area contributed by atoms with Gasteiger partial charge in [0, 0.05) is 30.9 Å². The van der Waals surface area contributed by atoms with E-state index < -0.39 is 0 Å². The lowest BCUT2D eigenvalue weighted by molar-refractivity contribution is 0.521. The molecule has 4 rings (SSSR count). The lowest BCUT2D eigenvalue weighted by Gasteiger charge is -2.32. The molecule has 0 radical (unpaired) electrons. The number of rotatable bonds is 6. The molecule has 2 aromatic heterocycles. The predicted molar refractivity (Wildman–Crippen MR) is 109 cm³/mol. The number of anilines is 1. The standard InChI is InChI=1S/C20H18N6S/c21-10-7-16-9-13-24-19(23-12-8-15-4-3-11-22-14-15)26(16)20-25-17-5-1-2-6-18(17)27-20/h1-6,9,11,13-14,19,23H,7-8,12H2. The number of hydrogen-bond donors (Lipinski definition) is 1. The number of fused-ring (bicyclic) bond motifs is 1. The van der Waals surface area contributed by atoms with Crippen LogP contribution in [0.1, 0.15) is 12.0 Å². The van der Waals surface area contributed by atoms with E-state index in [1.54, 1.807) is 23.7 Å². The van der Waals surface area contributed by atoms with Gasteiger partial charge in [0.25, 0.3) is 0 Å². The molecule has 1 aliphatic heterocycles. The van der Waals surface area contributed by atoms with Crippen LogP contribution in [0.2, 0.25) is 0 Å². The Morgan fingerprint density at radius 1 is 1.22 bits per heavy atom. The second kappa shape index (κ2) is 8.08. The number of aromatic nitrogens is 2. The summed E-state index contributed by atoms with van der Waals surface area (Å²) in [4.78, 5) is 15.5. The van der Waals surface area contributed by atoms with E-state index in [4.69, 9.17) is 4.98 Å². The van der Waals surface area contributed by atoms with E-state index in [-0.39, 0.29) is 6.29 Å². The van der Waals surface area contributed by atoms with Crippen LogP contribution in [0.4, 0.5) is 5.13 Å². The van der Waals surface area contributed by atoms with Gasteiger partial charge < -0.3 is 0 Å². The summed E-state index contributed by atoms with van der Waals surface area (Å²) in [6, 6.07) is 14.3. The lowest BCUT2D eigenvalue weighted by atomic mass is 10.2. The van der Waals surface area contributed by atoms with Crippen LogP contribution < -0.4 is 10.2 Å². The van der Waals surface area contributed by atoms with Gasteiger partial charge in [0.15, 0.2) is 11.4 Å². The number of para-hydroxylation sites is 1. The van der Waals surface area contributed by atoms with Crippen molar-refractivity contribution in [2.75, 3.05) is 11.4 Å². The minimum Gasteiger partial charge on any atom is -0.285 e. The van der Waals surface area contributed by atoms with Crippen molar-refractivity contribution >= 4 is 32.9 Å². The molecule has 7 heteroatoms. The van der Waals surface area contributed by atoms with E-state index in [9.17, 15) is 5.26 Å². The molecular formula is C20H18N6S. The van der Waals surface area contributed by atoms with Crippen molar-refractivity contribution in [1.82, 2.24) is 15.3 Å². The number of nitriles is 1. The molecule has 1 unspecified atom stereocenters. The number of allylic oxidation sites excluding steroid dienone is 2. The first-order chi connectivity index (χ1) is 13.3. The highest BCUT2D eigenvalue weighted by Gasteiger charge is 2.26. The number of hydrogen-bond acceptors (Lipinski definition) is 7. The van der Waals surface area contributed by atoms with E-state index in [1.807, 2.05) is 41.4 Å². The fourth-order valence-corrected chi connectivity index (χ4v) is 3.99. The van der Waals surface area contributed by atoms with Crippen molar-refractivity contribution in [3.63, 3.8) is 0 Å². The molecule has 0 spiro atoms. The quantitative estimate of drug-likeness (QED) is 0.715. The SMILES string of the molecule is N#CCC1=CC=NC(NCCc2cccnc2)N1c1nc2ccccc2s1. The van der Waals surface area contributed by atoms with Crippen molar-refractivity contribution in [3.8, 4) is 6.07 Å². The largest absolute Gasteiger partial charge is 0.285 e. The molecule has 1 atom stereocenters. The average Bonchev–Trinajstić information content (AvgIpc) is 3.13. The van der Waals surface area contributed by atoms with Crippen LogP contribution in [0.15, 0.2) is 65.6 Å². The van der Waals surface area contributed by atoms with Crippen LogP contribution >= 0.6 is 11.3 Å². The van der Waals surface area contributed by atoms with Crippen molar-refractivity contribution < 1.29 is 0 Å². The molecule has 1 aliphatic rings. The van der Waals surface area contributed by atoms with Crippen molar-refractivity contribution in [1.29, 1.82) is 5.26 Å². The van der Waals surface area contributed by atoms with Gasteiger partial charge in [0.2, 0.25) is 0 Å². The van der Waals surface area contributed by atoms with E-state index in [0.29, 0.717) is 6.42 Å². The second-order valence-electron chi connectivity index (χ2n) is 6.06. The second-order valence-corrected chi connectivity index (χ2v) is 7.07. The summed E-state index contributed by atoms with van der Waals surface area (Å²) in [5, 5.41) is 13.5. The average molecular weight is 374 g/mol. The highest BCUT2D eigenvalue weighted by atomic mass is 32.1. The summed E-state index contributed by atoms with van der Waals surface area (Å²) in [6.07, 6.45) is 8.17. The Morgan fingerprint density at radius 3 is 2.96 bits per heavy atom. The zero-order chi connectivity index (χ0) is 18.5. The van der Waals surface area contributed by atoms with Crippen LogP contribution in [0, 0.1) is 11.3 Å². The summed E-state index contributed by atoms with van der Waals surface area (Å²) in [5.41, 5.74) is 3.02. The molecular weight excluding hydrogens is 356 g/mol. The number of nitrogens with one attached hydrogen (secondary N) is 1. The highest BCUT2D eigenvalue weighted by Crippen LogP contribution is 2.33. The third-order valence-electron chi connectivity index (χ3n) is 4.26. The molecule has 134 valence electrons. The monoisotopic (exact) mass is 374 g/mol. The summed E-state index contributed by atoms with van der Waals surface area (Å²) < 4.78 is 1.12. The molecule has 6 nitrogen and oxygen atoms in total. The van der Waals surface area contributed by atoms with Crippen LogP contribution in [0.3, 0.4) is 0 Å². The van der Waals surface area contributed by atoms with Crippen molar-refractivity contribution in [3.05, 3.63) is 66.1 Å². The Balaban J connectivity index is 1.56. The predicted octanol–water partition coefficient (Wildman–Crippen LogP) is 3.50. The van der Waals surface area contributed by atoms with Gasteiger partial charge in [-0.3, -0.25) is 20.2 Å². The van der Waals surface area contributed by atoms with Gasteiger partial charge >= 0.3 is 0 Å². The number of nitrogens with zero attached hydrogens (tertiary/aromatic N) is 5. The van der Waals surface area contributed by atoms with E-state index >= 15 is 0 Å². The Labute approximate surface area is 161 Å². The fraction of sp³-hybridized carbons (Fsp3) is 0.200. The molecule has 0 bridgehead atoms. The Bertz CT molecular complexity index is 985. The summed E-state index contributed by atoms with van der Waals surface area (Å²) in [6.45, 7) is 0.745. The van der Waals surface area contributed by atoms with Crippen LogP contribution in [-0.4, -0.2) is 29.0 Å². The molecule has 0 saturated heterocycles. The lowest BCUT2D eigenvalue weighted by Crippen LogP contribution is -2.46. The molecule has 3 heterocycles. The number of aliphatic imine (C=N–C) groups is 1. The first kappa shape index (κ1) is 17.3. The summed E-state index contributed by atoms with van der Waals surface area (Å²) >= 11 is 1.61. The van der Waals surface area contributed by atoms with Gasteiger partial charge in [-0.15, -0.1) is 0 Å². The fourth-order valence-electron chi connectivity index (χ4n) is 2.97. The maximum Gasteiger partial charge on any atom is 0.193 e. The smallest absolute Gasteiger partial charge is 0.193 e. The molecule has 3 aromatic rings. The molecule has 0 aliphatic carbocycles. The first-order valence-corrected chi connectivity index (χ1v) is 9.53. The summed E-state index contributed by atoms with van der Waals surface area (Å²) in [5.74, 6) is 0. The molecule has 27 heavy (non-hydrogen) atoms. The van der Waals surface area contributed by atoms with E-state index in [1.165, 1.54) is 5.56 Å². The minimum atomic E-state index is -0.282. The van der Waals surface area contributed by atoms with E-state index in [2.05, 4.69) is 33.5 Å². The normalized spacial score (nSPS) is 16.3. The highest BCUT2D eigenvalue weighted by molar-refractivity contribution is 7.22. The van der Waals surface area contributed by atoms with Gasteiger partial charge in [-0.2, -0.15) is 5.26 Å². The van der Waals surface area contributed by atoms with Crippen LogP contribution in [0.25, 0.3) is 10.2 Å². The van der Waals surface area contributed by atoms with Gasteiger partial charge in [-0.25, -0.2) is 4.98 Å². The van der Waals surface area contributed by atoms with Gasteiger partial charge in [0.1, 0.15) is 0 Å². The number of thiazole rings is 1. The Kier molecular flexibility index (Phi) is 5.19. The molecule has 0 saturated carbocycles. The topological polar surface area (TPSA) is 77.2 Å². The van der Waals surface area contributed by atoms with Gasteiger partial charge in [0.05, 0.1) is 22.7 Å². The van der Waals surface area contributed by atoms with Crippen LogP contribution in [0.5, 0.6) is 0 Å². The molecule has 0 amide bonds. The number of benzene rings is 1. The Morgan fingerprint density at radius 2 is 2.15 bits per heavy atom. The maximum atomic E-state index is 9.23. The first-order valence-electron chi connectivity index (χ1n) is 8.71. The molecule has 1 N–H and O–H groups in total. The zero-order valence-electron chi connectivity index (χ0n) is 14.6. The third-order valence-corrected chi connectivity index (χ3v) is 5.30. The third kappa shape index (κ3) is 3.87.